The van der Waals surface area contributed by atoms with E-state index < -0.39 is 11.7 Å². The highest BCUT2D eigenvalue weighted by molar-refractivity contribution is 5.46. The molecule has 6 nitrogen and oxygen atoms in total. The lowest BCUT2D eigenvalue weighted by atomic mass is 9.85. The summed E-state index contributed by atoms with van der Waals surface area (Å²) in [5.74, 6) is 0.705. The summed E-state index contributed by atoms with van der Waals surface area (Å²) >= 11 is 0. The minimum Gasteiger partial charge on any atom is -0.490 e. The molecule has 1 aromatic carbocycles. The third kappa shape index (κ3) is 4.34. The normalized spacial score (nSPS) is 17.5. The molecule has 0 amide bonds. The number of ether oxygens (including phenoxy) is 1. The molecule has 0 fully saturated rings. The minimum atomic E-state index is -0.419. The third-order valence-corrected chi connectivity index (χ3v) is 5.16. The third-order valence-electron chi connectivity index (χ3n) is 5.16. The first-order valence-electron chi connectivity index (χ1n) is 9.55. The SMILES string of the molecule is CCC(O)C1CC=CC(Nc2nc(=O)c(OC)cn2Cc2ccccc2)=C1C. The zero-order chi connectivity index (χ0) is 20.1. The van der Waals surface area contributed by atoms with Gasteiger partial charge in [-0.15, -0.1) is 0 Å². The van der Waals surface area contributed by atoms with Crippen LogP contribution < -0.4 is 15.6 Å². The molecule has 148 valence electrons. The Hall–Kier alpha value is -2.86. The summed E-state index contributed by atoms with van der Waals surface area (Å²) in [5.41, 5.74) is 2.59. The summed E-state index contributed by atoms with van der Waals surface area (Å²) < 4.78 is 7.03. The molecule has 1 heterocycles. The second-order valence-electron chi connectivity index (χ2n) is 6.99. The van der Waals surface area contributed by atoms with Crippen molar-refractivity contribution in [3.63, 3.8) is 0 Å². The first-order valence-corrected chi connectivity index (χ1v) is 9.55. The van der Waals surface area contributed by atoms with Gasteiger partial charge in [0.15, 0.2) is 0 Å². The number of aromatic nitrogens is 2. The topological polar surface area (TPSA) is 76.4 Å². The van der Waals surface area contributed by atoms with E-state index in [1.807, 2.05) is 60.9 Å². The number of allylic oxidation sites excluding steroid dienone is 2. The van der Waals surface area contributed by atoms with Crippen molar-refractivity contribution in [2.45, 2.75) is 39.3 Å². The Bertz CT molecular complexity index is 932. The number of benzene rings is 1. The highest BCUT2D eigenvalue weighted by atomic mass is 16.5. The van der Waals surface area contributed by atoms with Crippen LogP contribution in [0.3, 0.4) is 0 Å². The fraction of sp³-hybridized carbons (Fsp3) is 0.364. The number of hydrogen-bond donors (Lipinski definition) is 2. The molecule has 1 aliphatic carbocycles. The number of anilines is 1. The molecule has 2 aromatic rings. The summed E-state index contributed by atoms with van der Waals surface area (Å²) in [5, 5.41) is 13.6. The van der Waals surface area contributed by atoms with E-state index >= 15 is 0 Å². The zero-order valence-corrected chi connectivity index (χ0v) is 16.6. The van der Waals surface area contributed by atoms with Gasteiger partial charge in [-0.3, -0.25) is 4.79 Å². The Morgan fingerprint density at radius 2 is 2.11 bits per heavy atom. The molecule has 0 aliphatic heterocycles. The van der Waals surface area contributed by atoms with Gasteiger partial charge in [0, 0.05) is 11.6 Å². The molecular formula is C22H27N3O3. The lowest BCUT2D eigenvalue weighted by Gasteiger charge is -2.27. The van der Waals surface area contributed by atoms with Crippen LogP contribution in [-0.4, -0.2) is 27.9 Å². The van der Waals surface area contributed by atoms with Gasteiger partial charge in [-0.1, -0.05) is 43.3 Å². The molecule has 1 aromatic heterocycles. The number of aliphatic hydroxyl groups excluding tert-OH is 1. The van der Waals surface area contributed by atoms with E-state index in [2.05, 4.69) is 10.3 Å². The smallest absolute Gasteiger partial charge is 0.316 e. The first-order chi connectivity index (χ1) is 13.5. The quantitative estimate of drug-likeness (QED) is 0.769. The summed E-state index contributed by atoms with van der Waals surface area (Å²) in [6.07, 6.45) is 6.81. The average molecular weight is 381 g/mol. The zero-order valence-electron chi connectivity index (χ0n) is 16.6. The van der Waals surface area contributed by atoms with Crippen molar-refractivity contribution in [2.24, 2.45) is 5.92 Å². The van der Waals surface area contributed by atoms with Crippen molar-refractivity contribution in [1.29, 1.82) is 0 Å². The molecule has 0 saturated heterocycles. The van der Waals surface area contributed by atoms with Gasteiger partial charge >= 0.3 is 5.56 Å². The number of nitrogens with zero attached hydrogens (tertiary/aromatic N) is 2. The lowest BCUT2D eigenvalue weighted by Crippen LogP contribution is -2.25. The Balaban J connectivity index is 1.97. The molecule has 28 heavy (non-hydrogen) atoms. The highest BCUT2D eigenvalue weighted by Gasteiger charge is 2.23. The van der Waals surface area contributed by atoms with E-state index in [0.717, 1.165) is 23.3 Å². The summed E-state index contributed by atoms with van der Waals surface area (Å²) in [6.45, 7) is 4.54. The Kier molecular flexibility index (Phi) is 6.31. The fourth-order valence-corrected chi connectivity index (χ4v) is 3.45. The van der Waals surface area contributed by atoms with Gasteiger partial charge in [0.2, 0.25) is 11.7 Å². The lowest BCUT2D eigenvalue weighted by molar-refractivity contribution is 0.121. The Labute approximate surface area is 165 Å². The van der Waals surface area contributed by atoms with Crippen molar-refractivity contribution in [3.05, 3.63) is 75.9 Å². The van der Waals surface area contributed by atoms with E-state index in [0.29, 0.717) is 18.9 Å². The maximum Gasteiger partial charge on any atom is 0.316 e. The summed E-state index contributed by atoms with van der Waals surface area (Å²) in [6, 6.07) is 9.96. The fourth-order valence-electron chi connectivity index (χ4n) is 3.45. The number of aliphatic hydroxyl groups is 1. The first kappa shape index (κ1) is 19.9. The van der Waals surface area contributed by atoms with Gasteiger partial charge in [0.05, 0.1) is 26.0 Å². The molecule has 6 heteroatoms. The second-order valence-corrected chi connectivity index (χ2v) is 6.99. The van der Waals surface area contributed by atoms with Crippen LogP contribution >= 0.6 is 0 Å². The van der Waals surface area contributed by atoms with Crippen molar-refractivity contribution in [3.8, 4) is 5.75 Å². The molecular weight excluding hydrogens is 354 g/mol. The minimum absolute atomic E-state index is 0.0602. The molecule has 0 radical (unpaired) electrons. The van der Waals surface area contributed by atoms with E-state index in [1.165, 1.54) is 7.11 Å². The number of methoxy groups -OCH3 is 1. The van der Waals surface area contributed by atoms with Crippen molar-refractivity contribution >= 4 is 5.95 Å². The molecule has 3 rings (SSSR count). The van der Waals surface area contributed by atoms with Gasteiger partial charge in [-0.05, 0) is 37.0 Å². The predicted octanol–water partition coefficient (Wildman–Crippen LogP) is 3.33. The number of rotatable bonds is 7. The molecule has 2 unspecified atom stereocenters. The van der Waals surface area contributed by atoms with Crippen molar-refractivity contribution < 1.29 is 9.84 Å². The van der Waals surface area contributed by atoms with Gasteiger partial charge in [-0.25, -0.2) is 0 Å². The summed E-state index contributed by atoms with van der Waals surface area (Å²) in [4.78, 5) is 16.5. The monoisotopic (exact) mass is 381 g/mol. The van der Waals surface area contributed by atoms with Crippen molar-refractivity contribution in [1.82, 2.24) is 9.55 Å². The van der Waals surface area contributed by atoms with Crippen LogP contribution in [0.5, 0.6) is 5.75 Å². The van der Waals surface area contributed by atoms with Crippen LogP contribution in [0.1, 0.15) is 32.3 Å². The van der Waals surface area contributed by atoms with Gasteiger partial charge in [0.1, 0.15) is 0 Å². The largest absolute Gasteiger partial charge is 0.490 e. The Morgan fingerprint density at radius 1 is 1.36 bits per heavy atom. The molecule has 1 aliphatic rings. The van der Waals surface area contributed by atoms with E-state index in [9.17, 15) is 9.90 Å². The molecule has 0 spiro atoms. The molecule has 2 atom stereocenters. The van der Waals surface area contributed by atoms with Crippen LogP contribution in [0.2, 0.25) is 0 Å². The van der Waals surface area contributed by atoms with E-state index in [1.54, 1.807) is 6.20 Å². The van der Waals surface area contributed by atoms with Gasteiger partial charge in [0.25, 0.3) is 0 Å². The van der Waals surface area contributed by atoms with E-state index in [-0.39, 0.29) is 11.7 Å². The van der Waals surface area contributed by atoms with Gasteiger partial charge in [-0.2, -0.15) is 4.98 Å². The van der Waals surface area contributed by atoms with Crippen LogP contribution in [0.15, 0.2) is 64.7 Å². The van der Waals surface area contributed by atoms with Crippen LogP contribution in [0, 0.1) is 5.92 Å². The summed E-state index contributed by atoms with van der Waals surface area (Å²) in [7, 11) is 1.46. The van der Waals surface area contributed by atoms with E-state index in [4.69, 9.17) is 4.74 Å². The van der Waals surface area contributed by atoms with Gasteiger partial charge < -0.3 is 19.7 Å². The highest BCUT2D eigenvalue weighted by Crippen LogP contribution is 2.29. The predicted molar refractivity (Wildman–Crippen MR) is 110 cm³/mol. The maximum atomic E-state index is 12.3. The van der Waals surface area contributed by atoms with Crippen LogP contribution in [0.25, 0.3) is 0 Å². The average Bonchev–Trinajstić information content (AvgIpc) is 2.71. The Morgan fingerprint density at radius 3 is 2.79 bits per heavy atom. The second kappa shape index (κ2) is 8.89. The van der Waals surface area contributed by atoms with Crippen LogP contribution in [0.4, 0.5) is 5.95 Å². The van der Waals surface area contributed by atoms with Crippen LogP contribution in [-0.2, 0) is 6.54 Å². The number of nitrogens with one attached hydrogen (secondary N) is 1. The molecule has 2 N–H and O–H groups in total. The van der Waals surface area contributed by atoms with Crippen molar-refractivity contribution in [2.75, 3.05) is 12.4 Å². The molecule has 0 bridgehead atoms. The molecule has 0 saturated carbocycles. The maximum absolute atomic E-state index is 12.3. The standard InChI is InChI=1S/C22H27N3O3/c1-4-19(26)17-11-8-12-18(15(17)2)23-22-24-21(27)20(28-3)14-25(22)13-16-9-6-5-7-10-16/h5-10,12,14,17,19,26H,4,11,13H2,1-3H3,(H,23,24,27). The number of hydrogen-bond acceptors (Lipinski definition) is 5.